The molecule has 8 heteroatoms. The Balaban J connectivity index is 1.37. The lowest BCUT2D eigenvalue weighted by atomic mass is 10.1. The molecule has 2 aliphatic rings. The summed E-state index contributed by atoms with van der Waals surface area (Å²) in [7, 11) is 3.05. The summed E-state index contributed by atoms with van der Waals surface area (Å²) in [6, 6.07) is 9.06. The second kappa shape index (κ2) is 10.3. The molecule has 1 fully saturated rings. The largest absolute Gasteiger partial charge is 0.493 e. The lowest BCUT2D eigenvalue weighted by Gasteiger charge is -2.32. The fourth-order valence-corrected chi connectivity index (χ4v) is 4.39. The molecule has 33 heavy (non-hydrogen) atoms. The fraction of sp³-hybridized carbons (Fsp3) is 0.360. The Morgan fingerprint density at radius 1 is 1.18 bits per heavy atom. The van der Waals surface area contributed by atoms with E-state index in [-0.39, 0.29) is 17.8 Å². The highest BCUT2D eigenvalue weighted by molar-refractivity contribution is 6.33. The van der Waals surface area contributed by atoms with E-state index in [1.165, 1.54) is 20.3 Å². The maximum absolute atomic E-state index is 12.8. The third-order valence-corrected chi connectivity index (χ3v) is 6.22. The zero-order valence-electron chi connectivity index (χ0n) is 18.6. The van der Waals surface area contributed by atoms with Gasteiger partial charge in [0.25, 0.3) is 0 Å². The van der Waals surface area contributed by atoms with Crippen molar-refractivity contribution in [3.05, 3.63) is 58.1 Å². The molecule has 1 saturated heterocycles. The normalized spacial score (nSPS) is 17.8. The Hall–Kier alpha value is -3.03. The quantitative estimate of drug-likeness (QED) is 0.572. The number of morpholine rings is 1. The molecule has 0 aromatic heterocycles. The summed E-state index contributed by atoms with van der Waals surface area (Å²) >= 11 is 6.40. The van der Waals surface area contributed by atoms with Gasteiger partial charge in [-0.15, -0.1) is 0 Å². The first-order valence-corrected chi connectivity index (χ1v) is 11.2. The summed E-state index contributed by atoms with van der Waals surface area (Å²) in [5.41, 5.74) is 2.36. The SMILES string of the molecule is COc1ccc(C=CC(=O)N2CCOC(COc3cccc4c3CCC4=O)C2)c(Cl)c1OC. The predicted octanol–water partition coefficient (Wildman–Crippen LogP) is 3.81. The molecule has 0 spiro atoms. The molecule has 0 N–H and O–H groups in total. The topological polar surface area (TPSA) is 74.3 Å². The molecule has 4 rings (SSSR count). The van der Waals surface area contributed by atoms with Crippen LogP contribution in [0.1, 0.15) is 27.9 Å². The van der Waals surface area contributed by atoms with Crippen LogP contribution in [0.2, 0.25) is 5.02 Å². The van der Waals surface area contributed by atoms with E-state index in [1.54, 1.807) is 23.1 Å². The van der Waals surface area contributed by atoms with Crippen LogP contribution in [0.15, 0.2) is 36.4 Å². The van der Waals surface area contributed by atoms with Crippen molar-refractivity contribution in [3.8, 4) is 17.2 Å². The van der Waals surface area contributed by atoms with Crippen molar-refractivity contribution in [2.45, 2.75) is 18.9 Å². The molecule has 0 saturated carbocycles. The van der Waals surface area contributed by atoms with Crippen molar-refractivity contribution in [1.29, 1.82) is 0 Å². The van der Waals surface area contributed by atoms with Crippen molar-refractivity contribution in [2.24, 2.45) is 0 Å². The highest BCUT2D eigenvalue weighted by Crippen LogP contribution is 2.37. The van der Waals surface area contributed by atoms with Gasteiger partial charge in [-0.25, -0.2) is 0 Å². The zero-order valence-corrected chi connectivity index (χ0v) is 19.4. The third-order valence-electron chi connectivity index (χ3n) is 5.83. The summed E-state index contributed by atoms with van der Waals surface area (Å²) in [5.74, 6) is 1.68. The Kier molecular flexibility index (Phi) is 7.20. The van der Waals surface area contributed by atoms with Gasteiger partial charge in [0.15, 0.2) is 17.3 Å². The number of methoxy groups -OCH3 is 2. The number of halogens is 1. The van der Waals surface area contributed by atoms with E-state index in [4.69, 9.17) is 30.5 Å². The molecule has 1 unspecified atom stereocenters. The summed E-state index contributed by atoms with van der Waals surface area (Å²) in [6.45, 7) is 1.64. The van der Waals surface area contributed by atoms with Crippen LogP contribution < -0.4 is 14.2 Å². The first-order chi connectivity index (χ1) is 16.0. The second-order valence-corrected chi connectivity index (χ2v) is 8.21. The van der Waals surface area contributed by atoms with Crippen LogP contribution in [0.25, 0.3) is 6.08 Å². The third kappa shape index (κ3) is 4.99. The number of nitrogens with zero attached hydrogens (tertiary/aromatic N) is 1. The first-order valence-electron chi connectivity index (χ1n) is 10.8. The Bertz CT molecular complexity index is 1080. The lowest BCUT2D eigenvalue weighted by Crippen LogP contribution is -2.47. The average Bonchev–Trinajstić information content (AvgIpc) is 3.23. The monoisotopic (exact) mass is 471 g/mol. The molecule has 174 valence electrons. The van der Waals surface area contributed by atoms with Crippen LogP contribution >= 0.6 is 11.6 Å². The van der Waals surface area contributed by atoms with E-state index in [0.717, 1.165) is 11.1 Å². The number of fused-ring (bicyclic) bond motifs is 1. The Labute approximate surface area is 197 Å². The molecule has 0 bridgehead atoms. The van der Waals surface area contributed by atoms with Gasteiger partial charge >= 0.3 is 0 Å². The Morgan fingerprint density at radius 2 is 2.03 bits per heavy atom. The standard InChI is InChI=1S/C25H26ClNO6/c1-30-22-10-6-16(24(26)25(22)31-2)7-11-23(29)27-12-13-32-17(14-27)15-33-21-5-3-4-18-19(21)8-9-20(18)28/h3-7,10-11,17H,8-9,12-15H2,1-2H3. The number of amides is 1. The minimum atomic E-state index is -0.256. The van der Waals surface area contributed by atoms with Crippen molar-refractivity contribution in [3.63, 3.8) is 0 Å². The van der Waals surface area contributed by atoms with Gasteiger partial charge < -0.3 is 23.8 Å². The number of carbonyl (C=O) groups excluding carboxylic acids is 2. The van der Waals surface area contributed by atoms with E-state index in [0.29, 0.717) is 67.0 Å². The molecule has 7 nitrogen and oxygen atoms in total. The number of benzene rings is 2. The van der Waals surface area contributed by atoms with Crippen LogP contribution in [-0.2, 0) is 16.0 Å². The number of Topliss-reactive ketones (excluding diaryl/α,β-unsaturated/α-hetero) is 1. The van der Waals surface area contributed by atoms with E-state index in [9.17, 15) is 9.59 Å². The van der Waals surface area contributed by atoms with Gasteiger partial charge in [-0.05, 0) is 36.3 Å². The Morgan fingerprint density at radius 3 is 2.82 bits per heavy atom. The van der Waals surface area contributed by atoms with Gasteiger partial charge in [0.05, 0.1) is 32.4 Å². The minimum Gasteiger partial charge on any atom is -0.493 e. The van der Waals surface area contributed by atoms with Gasteiger partial charge in [-0.1, -0.05) is 23.7 Å². The molecule has 1 amide bonds. The lowest BCUT2D eigenvalue weighted by molar-refractivity contribution is -0.134. The highest BCUT2D eigenvalue weighted by atomic mass is 35.5. The van der Waals surface area contributed by atoms with E-state index in [1.807, 2.05) is 18.2 Å². The van der Waals surface area contributed by atoms with E-state index < -0.39 is 0 Å². The van der Waals surface area contributed by atoms with E-state index >= 15 is 0 Å². The molecular weight excluding hydrogens is 446 g/mol. The minimum absolute atomic E-state index is 0.139. The molecule has 1 atom stereocenters. The van der Waals surface area contributed by atoms with Crippen LogP contribution in [0.4, 0.5) is 0 Å². The molecule has 2 aromatic carbocycles. The van der Waals surface area contributed by atoms with Gasteiger partial charge in [0.1, 0.15) is 18.5 Å². The average molecular weight is 472 g/mol. The van der Waals surface area contributed by atoms with Crippen LogP contribution in [0.5, 0.6) is 17.2 Å². The van der Waals surface area contributed by atoms with Crippen molar-refractivity contribution < 1.29 is 28.5 Å². The second-order valence-electron chi connectivity index (χ2n) is 7.83. The van der Waals surface area contributed by atoms with Crippen LogP contribution in [-0.4, -0.2) is 63.2 Å². The smallest absolute Gasteiger partial charge is 0.246 e. The summed E-state index contributed by atoms with van der Waals surface area (Å²) < 4.78 is 22.3. The maximum Gasteiger partial charge on any atom is 0.246 e. The van der Waals surface area contributed by atoms with Crippen LogP contribution in [0.3, 0.4) is 0 Å². The molecule has 1 aliphatic carbocycles. The van der Waals surface area contributed by atoms with E-state index in [2.05, 4.69) is 0 Å². The number of ketones is 1. The summed E-state index contributed by atoms with van der Waals surface area (Å²) in [4.78, 5) is 26.4. The number of ether oxygens (including phenoxy) is 4. The number of hydrogen-bond donors (Lipinski definition) is 0. The number of rotatable bonds is 7. The zero-order chi connectivity index (χ0) is 23.4. The molecule has 2 aromatic rings. The van der Waals surface area contributed by atoms with Crippen molar-refractivity contribution >= 4 is 29.4 Å². The summed E-state index contributed by atoms with van der Waals surface area (Å²) in [6.07, 6.45) is 4.12. The van der Waals surface area contributed by atoms with Gasteiger partial charge in [0, 0.05) is 30.2 Å². The van der Waals surface area contributed by atoms with Crippen molar-refractivity contribution in [1.82, 2.24) is 4.90 Å². The molecule has 1 aliphatic heterocycles. The predicted molar refractivity (Wildman–Crippen MR) is 124 cm³/mol. The van der Waals surface area contributed by atoms with Crippen molar-refractivity contribution in [2.75, 3.05) is 40.5 Å². The summed E-state index contributed by atoms with van der Waals surface area (Å²) in [5, 5.41) is 0.378. The van der Waals surface area contributed by atoms with Gasteiger partial charge in [-0.2, -0.15) is 0 Å². The first kappa shape index (κ1) is 23.1. The molecular formula is C25H26ClNO6. The fourth-order valence-electron chi connectivity index (χ4n) is 4.10. The highest BCUT2D eigenvalue weighted by Gasteiger charge is 2.26. The number of carbonyl (C=O) groups is 2. The maximum atomic E-state index is 12.8. The van der Waals surface area contributed by atoms with Gasteiger partial charge in [0.2, 0.25) is 5.91 Å². The number of hydrogen-bond acceptors (Lipinski definition) is 6. The molecule has 0 radical (unpaired) electrons. The van der Waals surface area contributed by atoms with Gasteiger partial charge in [-0.3, -0.25) is 9.59 Å². The molecule has 1 heterocycles. The van der Waals surface area contributed by atoms with Crippen LogP contribution in [0, 0.1) is 0 Å².